The number of nitrogens with one attached hydrogen (secondary N) is 2. The van der Waals surface area contributed by atoms with Gasteiger partial charge >= 0.3 is 0 Å². The van der Waals surface area contributed by atoms with E-state index in [0.717, 1.165) is 17.0 Å². The Balaban J connectivity index is 1.52. The number of benzene rings is 2. The number of aryl methyl sites for hydroxylation is 2. The van der Waals surface area contributed by atoms with Crippen molar-refractivity contribution in [3.8, 4) is 0 Å². The number of anilines is 3. The van der Waals surface area contributed by atoms with Gasteiger partial charge in [-0.15, -0.1) is 0 Å². The molecule has 1 aromatic heterocycles. The van der Waals surface area contributed by atoms with Gasteiger partial charge < -0.3 is 5.32 Å². The third-order valence-electron chi connectivity index (χ3n) is 4.75. The lowest BCUT2D eigenvalue weighted by atomic mass is 10.3. The SMILES string of the molecule is Cc1cc(C)nc(NS(=O)(=O)c2ccc(NC3=C(Cl)C(=O)N(c4ccc(F)cc4)C3=O)cc2)n1. The molecule has 9 nitrogen and oxygen atoms in total. The van der Waals surface area contributed by atoms with Crippen molar-refractivity contribution in [2.45, 2.75) is 18.7 Å². The summed E-state index contributed by atoms with van der Waals surface area (Å²) in [7, 11) is -3.97. The molecule has 2 N–H and O–H groups in total. The standard InChI is InChI=1S/C22H17ClFN5O4S/c1-12-11-13(2)26-22(25-12)28-34(32,33)17-9-5-15(6-10-17)27-19-18(23)20(30)29(21(19)31)16-7-3-14(24)4-8-16/h3-11,27H,1-2H3,(H,25,26,28). The van der Waals surface area contributed by atoms with Crippen LogP contribution in [0.4, 0.5) is 21.7 Å². The summed E-state index contributed by atoms with van der Waals surface area (Å²) in [6.45, 7) is 3.44. The van der Waals surface area contributed by atoms with E-state index < -0.39 is 27.7 Å². The summed E-state index contributed by atoms with van der Waals surface area (Å²) in [5.74, 6) is -2.06. The van der Waals surface area contributed by atoms with Crippen LogP contribution in [0.15, 0.2) is 70.2 Å². The number of rotatable bonds is 6. The van der Waals surface area contributed by atoms with Crippen molar-refractivity contribution in [1.82, 2.24) is 9.97 Å². The van der Waals surface area contributed by atoms with Crippen LogP contribution in [-0.2, 0) is 19.6 Å². The third kappa shape index (κ3) is 4.61. The van der Waals surface area contributed by atoms with Crippen molar-refractivity contribution in [2.75, 3.05) is 14.9 Å². The fourth-order valence-electron chi connectivity index (χ4n) is 3.25. The lowest BCUT2D eigenvalue weighted by molar-refractivity contribution is -0.120. The van der Waals surface area contributed by atoms with Crippen molar-refractivity contribution in [3.63, 3.8) is 0 Å². The number of carbonyl (C=O) groups excluding carboxylic acids is 2. The van der Waals surface area contributed by atoms with Gasteiger partial charge in [-0.25, -0.2) is 32.4 Å². The summed E-state index contributed by atoms with van der Waals surface area (Å²) in [5.41, 5.74) is 1.51. The first kappa shape index (κ1) is 23.3. The maximum absolute atomic E-state index is 13.2. The van der Waals surface area contributed by atoms with Crippen molar-refractivity contribution < 1.29 is 22.4 Å². The molecule has 2 aromatic carbocycles. The zero-order chi connectivity index (χ0) is 24.6. The van der Waals surface area contributed by atoms with Crippen LogP contribution < -0.4 is 14.9 Å². The second-order valence-electron chi connectivity index (χ2n) is 7.34. The Morgan fingerprint density at radius 1 is 0.912 bits per heavy atom. The monoisotopic (exact) mass is 501 g/mol. The highest BCUT2D eigenvalue weighted by Crippen LogP contribution is 2.30. The Morgan fingerprint density at radius 3 is 2.09 bits per heavy atom. The smallest absolute Gasteiger partial charge is 0.283 e. The average Bonchev–Trinajstić information content (AvgIpc) is 2.97. The minimum absolute atomic E-state index is 0.0485. The summed E-state index contributed by atoms with van der Waals surface area (Å²) in [6, 6.07) is 11.9. The van der Waals surface area contributed by atoms with Gasteiger partial charge in [0.1, 0.15) is 16.5 Å². The zero-order valence-electron chi connectivity index (χ0n) is 17.8. The molecule has 0 fully saturated rings. The zero-order valence-corrected chi connectivity index (χ0v) is 19.4. The first-order valence-corrected chi connectivity index (χ1v) is 11.7. The molecule has 1 aliphatic heterocycles. The summed E-state index contributed by atoms with van der Waals surface area (Å²) in [4.78, 5) is 34.2. The van der Waals surface area contributed by atoms with E-state index >= 15 is 0 Å². The summed E-state index contributed by atoms with van der Waals surface area (Å²) in [6.07, 6.45) is 0. The predicted octanol–water partition coefficient (Wildman–Crippen LogP) is 3.47. The number of hydrogen-bond acceptors (Lipinski definition) is 7. The van der Waals surface area contributed by atoms with Gasteiger partial charge in [-0.2, -0.15) is 0 Å². The summed E-state index contributed by atoms with van der Waals surface area (Å²) in [5, 5.41) is 2.40. The number of sulfonamides is 1. The molecule has 12 heteroatoms. The molecule has 1 aliphatic rings. The molecular formula is C22H17ClFN5O4S. The van der Waals surface area contributed by atoms with Crippen molar-refractivity contribution in [2.24, 2.45) is 0 Å². The number of imide groups is 1. The van der Waals surface area contributed by atoms with Crippen molar-refractivity contribution in [1.29, 1.82) is 0 Å². The maximum atomic E-state index is 13.2. The minimum Gasteiger partial charge on any atom is -0.350 e. The molecule has 0 saturated heterocycles. The van der Waals surface area contributed by atoms with Gasteiger partial charge in [-0.1, -0.05) is 11.6 Å². The predicted molar refractivity (Wildman–Crippen MR) is 124 cm³/mol. The van der Waals surface area contributed by atoms with Crippen LogP contribution in [0.2, 0.25) is 0 Å². The molecule has 2 heterocycles. The number of carbonyl (C=O) groups is 2. The van der Waals surface area contributed by atoms with Crippen LogP contribution in [0.1, 0.15) is 11.4 Å². The second kappa shape index (κ2) is 8.84. The molecule has 174 valence electrons. The van der Waals surface area contributed by atoms with Gasteiger partial charge in [0, 0.05) is 17.1 Å². The molecule has 0 atom stereocenters. The van der Waals surface area contributed by atoms with E-state index in [4.69, 9.17) is 11.6 Å². The highest BCUT2D eigenvalue weighted by Gasteiger charge is 2.39. The fourth-order valence-corrected chi connectivity index (χ4v) is 4.40. The van der Waals surface area contributed by atoms with Gasteiger partial charge in [0.15, 0.2) is 0 Å². The number of amides is 2. The molecule has 0 bridgehead atoms. The minimum atomic E-state index is -3.97. The molecule has 3 aromatic rings. The van der Waals surface area contributed by atoms with E-state index in [1.807, 2.05) is 0 Å². The Labute approximate surface area is 199 Å². The average molecular weight is 502 g/mol. The first-order valence-electron chi connectivity index (χ1n) is 9.81. The quantitative estimate of drug-likeness (QED) is 0.496. The molecule has 0 radical (unpaired) electrons. The van der Waals surface area contributed by atoms with Crippen LogP contribution in [0.3, 0.4) is 0 Å². The molecule has 0 saturated carbocycles. The Bertz CT molecular complexity index is 1420. The Hall–Kier alpha value is -3.83. The molecular weight excluding hydrogens is 485 g/mol. The van der Waals surface area contributed by atoms with Crippen LogP contribution in [0.5, 0.6) is 0 Å². The van der Waals surface area contributed by atoms with Gasteiger partial charge in [0.25, 0.3) is 21.8 Å². The Kier molecular flexibility index (Phi) is 6.07. The molecule has 2 amide bonds. The van der Waals surface area contributed by atoms with E-state index in [1.165, 1.54) is 36.4 Å². The van der Waals surface area contributed by atoms with Gasteiger partial charge in [0.05, 0.1) is 10.6 Å². The van der Waals surface area contributed by atoms with Crippen LogP contribution in [0.25, 0.3) is 0 Å². The fraction of sp³-hybridized carbons (Fsp3) is 0.0909. The van der Waals surface area contributed by atoms with Gasteiger partial charge in [-0.3, -0.25) is 9.59 Å². The normalized spacial score (nSPS) is 14.1. The van der Waals surface area contributed by atoms with Crippen molar-refractivity contribution >= 4 is 50.8 Å². The van der Waals surface area contributed by atoms with Gasteiger partial charge in [-0.05, 0) is 68.4 Å². The summed E-state index contributed by atoms with van der Waals surface area (Å²) < 4.78 is 40.9. The number of aromatic nitrogens is 2. The number of nitrogens with zero attached hydrogens (tertiary/aromatic N) is 3. The summed E-state index contributed by atoms with van der Waals surface area (Å²) >= 11 is 6.08. The van der Waals surface area contributed by atoms with E-state index in [0.29, 0.717) is 17.1 Å². The molecule has 0 spiro atoms. The highest BCUT2D eigenvalue weighted by atomic mass is 35.5. The highest BCUT2D eigenvalue weighted by molar-refractivity contribution is 7.92. The molecule has 4 rings (SSSR count). The lowest BCUT2D eigenvalue weighted by Crippen LogP contribution is -2.32. The van der Waals surface area contributed by atoms with Crippen LogP contribution in [0, 0.1) is 19.7 Å². The topological polar surface area (TPSA) is 121 Å². The lowest BCUT2D eigenvalue weighted by Gasteiger charge is -2.15. The first-order chi connectivity index (χ1) is 16.0. The third-order valence-corrected chi connectivity index (χ3v) is 6.45. The van der Waals surface area contributed by atoms with Gasteiger partial charge in [0.2, 0.25) is 5.95 Å². The van der Waals surface area contributed by atoms with Crippen LogP contribution in [-0.4, -0.2) is 30.2 Å². The maximum Gasteiger partial charge on any atom is 0.283 e. The van der Waals surface area contributed by atoms with E-state index in [-0.39, 0.29) is 27.3 Å². The number of hydrogen-bond donors (Lipinski definition) is 2. The Morgan fingerprint density at radius 2 is 1.50 bits per heavy atom. The van der Waals surface area contributed by atoms with E-state index in [1.54, 1.807) is 19.9 Å². The van der Waals surface area contributed by atoms with E-state index in [2.05, 4.69) is 20.0 Å². The van der Waals surface area contributed by atoms with Crippen molar-refractivity contribution in [3.05, 3.63) is 82.5 Å². The molecule has 0 aliphatic carbocycles. The molecule has 0 unspecified atom stereocenters. The molecule has 34 heavy (non-hydrogen) atoms. The van der Waals surface area contributed by atoms with Crippen LogP contribution >= 0.6 is 11.6 Å². The second-order valence-corrected chi connectivity index (χ2v) is 9.40. The largest absolute Gasteiger partial charge is 0.350 e. The van der Waals surface area contributed by atoms with E-state index in [9.17, 15) is 22.4 Å². The number of halogens is 2.